The van der Waals surface area contributed by atoms with Crippen LogP contribution in [-0.4, -0.2) is 14.2 Å². The SMILES string of the molecule is COc1ccc(CC(C)(N)c2ccc(OC)cc2)cc1. The van der Waals surface area contributed by atoms with E-state index < -0.39 is 5.54 Å². The second-order valence-corrected chi connectivity index (χ2v) is 5.17. The second-order valence-electron chi connectivity index (χ2n) is 5.17. The van der Waals surface area contributed by atoms with Crippen molar-refractivity contribution in [2.75, 3.05) is 14.2 Å². The largest absolute Gasteiger partial charge is 0.497 e. The van der Waals surface area contributed by atoms with Gasteiger partial charge in [0.05, 0.1) is 14.2 Å². The highest BCUT2D eigenvalue weighted by atomic mass is 16.5. The van der Waals surface area contributed by atoms with Crippen LogP contribution in [-0.2, 0) is 12.0 Å². The molecule has 0 aliphatic rings. The summed E-state index contributed by atoms with van der Waals surface area (Å²) in [7, 11) is 3.33. The van der Waals surface area contributed by atoms with E-state index in [-0.39, 0.29) is 0 Å². The summed E-state index contributed by atoms with van der Waals surface area (Å²) in [5, 5.41) is 0. The van der Waals surface area contributed by atoms with Crippen molar-refractivity contribution in [2.45, 2.75) is 18.9 Å². The molecule has 0 saturated carbocycles. The van der Waals surface area contributed by atoms with Crippen molar-refractivity contribution in [2.24, 2.45) is 5.73 Å². The van der Waals surface area contributed by atoms with Gasteiger partial charge in [-0.15, -0.1) is 0 Å². The third-order valence-electron chi connectivity index (χ3n) is 3.48. The van der Waals surface area contributed by atoms with Gasteiger partial charge in [-0.25, -0.2) is 0 Å². The van der Waals surface area contributed by atoms with Crippen LogP contribution in [0.25, 0.3) is 0 Å². The topological polar surface area (TPSA) is 44.5 Å². The molecule has 2 aromatic carbocycles. The molecule has 3 heteroatoms. The summed E-state index contributed by atoms with van der Waals surface area (Å²) in [5.74, 6) is 1.70. The number of ether oxygens (including phenoxy) is 2. The Morgan fingerprint density at radius 1 is 0.850 bits per heavy atom. The Balaban J connectivity index is 2.15. The fourth-order valence-electron chi connectivity index (χ4n) is 2.24. The summed E-state index contributed by atoms with van der Waals surface area (Å²) >= 11 is 0. The standard InChI is InChI=1S/C17H21NO2/c1-17(18,14-6-10-16(20-3)11-7-14)12-13-4-8-15(19-2)9-5-13/h4-11H,12,18H2,1-3H3. The third-order valence-corrected chi connectivity index (χ3v) is 3.48. The van der Waals surface area contributed by atoms with E-state index in [1.54, 1.807) is 14.2 Å². The number of rotatable bonds is 5. The fourth-order valence-corrected chi connectivity index (χ4v) is 2.24. The van der Waals surface area contributed by atoms with Gasteiger partial charge in [-0.3, -0.25) is 0 Å². The van der Waals surface area contributed by atoms with Crippen LogP contribution in [0.15, 0.2) is 48.5 Å². The summed E-state index contributed by atoms with van der Waals surface area (Å²) < 4.78 is 10.3. The number of hydrogen-bond acceptors (Lipinski definition) is 3. The molecule has 0 bridgehead atoms. The van der Waals surface area contributed by atoms with Crippen LogP contribution < -0.4 is 15.2 Å². The zero-order valence-electron chi connectivity index (χ0n) is 12.2. The van der Waals surface area contributed by atoms with Gasteiger partial charge in [0.25, 0.3) is 0 Å². The molecule has 0 amide bonds. The predicted octanol–water partition coefficient (Wildman–Crippen LogP) is 3.12. The zero-order valence-corrected chi connectivity index (χ0v) is 12.2. The molecule has 2 aromatic rings. The van der Waals surface area contributed by atoms with E-state index in [0.717, 1.165) is 23.5 Å². The highest BCUT2D eigenvalue weighted by Crippen LogP contribution is 2.25. The minimum Gasteiger partial charge on any atom is -0.497 e. The van der Waals surface area contributed by atoms with Crippen molar-refractivity contribution in [1.82, 2.24) is 0 Å². The van der Waals surface area contributed by atoms with Crippen LogP contribution in [0.2, 0.25) is 0 Å². The summed E-state index contributed by atoms with van der Waals surface area (Å²) in [6.07, 6.45) is 0.767. The molecule has 0 aliphatic heterocycles. The number of nitrogens with two attached hydrogens (primary N) is 1. The molecule has 106 valence electrons. The highest BCUT2D eigenvalue weighted by molar-refractivity contribution is 5.34. The van der Waals surface area contributed by atoms with Crippen molar-refractivity contribution in [3.05, 3.63) is 59.7 Å². The van der Waals surface area contributed by atoms with Gasteiger partial charge < -0.3 is 15.2 Å². The van der Waals surface area contributed by atoms with E-state index in [2.05, 4.69) is 0 Å². The molecule has 0 spiro atoms. The van der Waals surface area contributed by atoms with E-state index in [1.165, 1.54) is 5.56 Å². The lowest BCUT2D eigenvalue weighted by molar-refractivity contribution is 0.413. The molecule has 0 aliphatic carbocycles. The zero-order chi connectivity index (χ0) is 14.6. The molecule has 20 heavy (non-hydrogen) atoms. The van der Waals surface area contributed by atoms with Crippen LogP contribution >= 0.6 is 0 Å². The number of methoxy groups -OCH3 is 2. The molecule has 0 heterocycles. The van der Waals surface area contributed by atoms with Crippen LogP contribution in [0, 0.1) is 0 Å². The van der Waals surface area contributed by atoms with E-state index in [4.69, 9.17) is 15.2 Å². The maximum absolute atomic E-state index is 6.46. The van der Waals surface area contributed by atoms with Gasteiger partial charge in [-0.2, -0.15) is 0 Å². The Morgan fingerprint density at radius 2 is 1.30 bits per heavy atom. The van der Waals surface area contributed by atoms with Gasteiger partial charge in [0.2, 0.25) is 0 Å². The van der Waals surface area contributed by atoms with Crippen LogP contribution in [0.3, 0.4) is 0 Å². The first-order chi connectivity index (χ1) is 9.55. The molecule has 2 N–H and O–H groups in total. The maximum Gasteiger partial charge on any atom is 0.118 e. The number of benzene rings is 2. The summed E-state index contributed by atoms with van der Waals surface area (Å²) in [6.45, 7) is 2.04. The first-order valence-electron chi connectivity index (χ1n) is 6.61. The Kier molecular flexibility index (Phi) is 4.30. The Labute approximate surface area is 120 Å². The average Bonchev–Trinajstić information content (AvgIpc) is 2.48. The molecule has 0 radical (unpaired) electrons. The summed E-state index contributed by atoms with van der Waals surface area (Å²) in [5.41, 5.74) is 8.32. The van der Waals surface area contributed by atoms with Crippen LogP contribution in [0.4, 0.5) is 0 Å². The predicted molar refractivity (Wildman–Crippen MR) is 81.2 cm³/mol. The second kappa shape index (κ2) is 5.97. The quantitative estimate of drug-likeness (QED) is 0.908. The molecular weight excluding hydrogens is 250 g/mol. The molecule has 0 saturated heterocycles. The molecule has 0 aromatic heterocycles. The number of hydrogen-bond donors (Lipinski definition) is 1. The minimum atomic E-state index is -0.416. The van der Waals surface area contributed by atoms with Crippen molar-refractivity contribution in [3.63, 3.8) is 0 Å². The van der Waals surface area contributed by atoms with Gasteiger partial charge in [0.1, 0.15) is 11.5 Å². The lowest BCUT2D eigenvalue weighted by Crippen LogP contribution is -2.35. The lowest BCUT2D eigenvalue weighted by atomic mass is 9.86. The van der Waals surface area contributed by atoms with E-state index in [0.29, 0.717) is 0 Å². The van der Waals surface area contributed by atoms with Crippen molar-refractivity contribution in [1.29, 1.82) is 0 Å². The average molecular weight is 271 g/mol. The first kappa shape index (κ1) is 14.4. The molecular formula is C17H21NO2. The molecule has 3 nitrogen and oxygen atoms in total. The van der Waals surface area contributed by atoms with Crippen molar-refractivity contribution in [3.8, 4) is 11.5 Å². The van der Waals surface area contributed by atoms with Gasteiger partial charge in [-0.1, -0.05) is 24.3 Å². The summed E-state index contributed by atoms with van der Waals surface area (Å²) in [6, 6.07) is 15.9. The molecule has 1 unspecified atom stereocenters. The third kappa shape index (κ3) is 3.31. The molecule has 1 atom stereocenters. The Morgan fingerprint density at radius 3 is 1.75 bits per heavy atom. The van der Waals surface area contributed by atoms with Crippen molar-refractivity contribution < 1.29 is 9.47 Å². The fraction of sp³-hybridized carbons (Fsp3) is 0.294. The molecule has 2 rings (SSSR count). The smallest absolute Gasteiger partial charge is 0.118 e. The highest BCUT2D eigenvalue weighted by Gasteiger charge is 2.21. The van der Waals surface area contributed by atoms with Gasteiger partial charge in [0.15, 0.2) is 0 Å². The van der Waals surface area contributed by atoms with E-state index >= 15 is 0 Å². The van der Waals surface area contributed by atoms with Gasteiger partial charge in [0, 0.05) is 5.54 Å². The van der Waals surface area contributed by atoms with Crippen LogP contribution in [0.5, 0.6) is 11.5 Å². The van der Waals surface area contributed by atoms with Gasteiger partial charge in [-0.05, 0) is 48.7 Å². The first-order valence-corrected chi connectivity index (χ1v) is 6.61. The van der Waals surface area contributed by atoms with Crippen molar-refractivity contribution >= 4 is 0 Å². The normalized spacial score (nSPS) is 13.6. The minimum absolute atomic E-state index is 0.416. The summed E-state index contributed by atoms with van der Waals surface area (Å²) in [4.78, 5) is 0. The van der Waals surface area contributed by atoms with Crippen LogP contribution in [0.1, 0.15) is 18.1 Å². The Bertz CT molecular complexity index is 544. The van der Waals surface area contributed by atoms with E-state index in [1.807, 2.05) is 55.5 Å². The lowest BCUT2D eigenvalue weighted by Gasteiger charge is -2.25. The monoisotopic (exact) mass is 271 g/mol. The van der Waals surface area contributed by atoms with Gasteiger partial charge >= 0.3 is 0 Å². The molecule has 0 fully saturated rings. The van der Waals surface area contributed by atoms with E-state index in [9.17, 15) is 0 Å². The Hall–Kier alpha value is -2.00. The maximum atomic E-state index is 6.46.